The molecule has 0 aliphatic rings. The first-order valence-electron chi connectivity index (χ1n) is 9.39. The van der Waals surface area contributed by atoms with E-state index in [-0.39, 0.29) is 10.3 Å². The summed E-state index contributed by atoms with van der Waals surface area (Å²) in [6, 6.07) is 16.4. The number of anilines is 1. The molecular weight excluding hydrogens is 382 g/mol. The average molecular weight is 406 g/mol. The highest BCUT2D eigenvalue weighted by Gasteiger charge is 2.18. The van der Waals surface area contributed by atoms with E-state index in [1.54, 1.807) is 30.6 Å². The molecule has 6 heteroatoms. The van der Waals surface area contributed by atoms with Crippen molar-refractivity contribution in [1.29, 1.82) is 0 Å². The second kappa shape index (κ2) is 7.04. The Bertz CT molecular complexity index is 1250. The molecule has 0 saturated heterocycles. The van der Waals surface area contributed by atoms with Crippen molar-refractivity contribution in [2.24, 2.45) is 0 Å². The molecule has 2 heterocycles. The summed E-state index contributed by atoms with van der Waals surface area (Å²) in [4.78, 5) is 7.63. The topological polar surface area (TPSA) is 74.8 Å². The maximum atomic E-state index is 12.9. The fourth-order valence-electron chi connectivity index (χ4n) is 3.29. The highest BCUT2D eigenvalue weighted by atomic mass is 32.2. The average Bonchev–Trinajstić information content (AvgIpc) is 3.11. The number of hydrogen-bond acceptors (Lipinski definition) is 3. The van der Waals surface area contributed by atoms with Crippen LogP contribution in [0.15, 0.2) is 78.1 Å². The van der Waals surface area contributed by atoms with E-state index in [0.29, 0.717) is 5.69 Å². The Morgan fingerprint density at radius 3 is 2.41 bits per heavy atom. The van der Waals surface area contributed by atoms with Gasteiger partial charge < -0.3 is 4.98 Å². The summed E-state index contributed by atoms with van der Waals surface area (Å²) < 4.78 is 28.4. The van der Waals surface area contributed by atoms with E-state index in [2.05, 4.69) is 35.5 Å². The van der Waals surface area contributed by atoms with Gasteiger partial charge in [-0.2, -0.15) is 0 Å². The number of hydrogen-bond donors (Lipinski definition) is 2. The lowest BCUT2D eigenvalue weighted by Gasteiger charge is -2.19. The number of H-pyrrole nitrogens is 1. The van der Waals surface area contributed by atoms with E-state index in [4.69, 9.17) is 0 Å². The zero-order valence-corrected chi connectivity index (χ0v) is 17.4. The van der Waals surface area contributed by atoms with Crippen LogP contribution in [0.5, 0.6) is 0 Å². The van der Waals surface area contributed by atoms with Crippen LogP contribution in [0.25, 0.3) is 22.0 Å². The van der Waals surface area contributed by atoms with Crippen LogP contribution in [0.3, 0.4) is 0 Å². The molecule has 0 spiro atoms. The van der Waals surface area contributed by atoms with Gasteiger partial charge in [0.25, 0.3) is 10.0 Å². The van der Waals surface area contributed by atoms with Gasteiger partial charge in [0.1, 0.15) is 0 Å². The molecule has 0 amide bonds. The molecule has 4 aromatic rings. The predicted octanol–water partition coefficient (Wildman–Crippen LogP) is 5.33. The summed E-state index contributed by atoms with van der Waals surface area (Å²) in [7, 11) is -3.68. The number of fused-ring (bicyclic) bond motifs is 1. The molecule has 0 aliphatic heterocycles. The van der Waals surface area contributed by atoms with Gasteiger partial charge >= 0.3 is 0 Å². The molecule has 0 radical (unpaired) electrons. The highest BCUT2D eigenvalue weighted by molar-refractivity contribution is 7.92. The minimum absolute atomic E-state index is 0.0300. The van der Waals surface area contributed by atoms with Gasteiger partial charge in [-0.3, -0.25) is 9.71 Å². The lowest BCUT2D eigenvalue weighted by atomic mass is 9.87. The number of aromatic amines is 1. The van der Waals surface area contributed by atoms with E-state index in [1.807, 2.05) is 42.6 Å². The lowest BCUT2D eigenvalue weighted by molar-refractivity contribution is 0.587. The molecule has 2 aromatic heterocycles. The molecule has 0 saturated carbocycles. The number of nitrogens with zero attached hydrogens (tertiary/aromatic N) is 1. The van der Waals surface area contributed by atoms with Gasteiger partial charge in [-0.1, -0.05) is 39.0 Å². The molecule has 0 unspecified atom stereocenters. The van der Waals surface area contributed by atoms with Crippen molar-refractivity contribution in [3.63, 3.8) is 0 Å². The van der Waals surface area contributed by atoms with Crippen molar-refractivity contribution in [3.8, 4) is 11.1 Å². The third-order valence-corrected chi connectivity index (χ3v) is 6.33. The van der Waals surface area contributed by atoms with Crippen molar-refractivity contribution in [2.45, 2.75) is 31.1 Å². The third-order valence-electron chi connectivity index (χ3n) is 4.94. The van der Waals surface area contributed by atoms with Crippen molar-refractivity contribution >= 4 is 26.6 Å². The van der Waals surface area contributed by atoms with E-state index in [9.17, 15) is 8.42 Å². The summed E-state index contributed by atoms with van der Waals surface area (Å²) in [5, 5.41) is 0.932. The molecule has 0 atom stereocenters. The Morgan fingerprint density at radius 1 is 1.00 bits per heavy atom. The first-order valence-corrected chi connectivity index (χ1v) is 10.9. The minimum Gasteiger partial charge on any atom is -0.361 e. The first kappa shape index (κ1) is 19.2. The van der Waals surface area contributed by atoms with Crippen LogP contribution in [0.2, 0.25) is 0 Å². The number of benzene rings is 2. The van der Waals surface area contributed by atoms with Crippen molar-refractivity contribution in [2.75, 3.05) is 4.72 Å². The van der Waals surface area contributed by atoms with Crippen LogP contribution >= 0.6 is 0 Å². The Kier molecular flexibility index (Phi) is 4.67. The SMILES string of the molecule is CC(C)(C)c1ccc(S(=O)(=O)Nc2ccc3[nH]cc(-c4cccnc4)c3c2)cc1. The molecular formula is C23H23N3O2S. The summed E-state index contributed by atoms with van der Waals surface area (Å²) >= 11 is 0. The summed E-state index contributed by atoms with van der Waals surface area (Å²) in [6.45, 7) is 6.29. The maximum Gasteiger partial charge on any atom is 0.261 e. The number of rotatable bonds is 4. The van der Waals surface area contributed by atoms with Gasteiger partial charge in [0.2, 0.25) is 0 Å². The predicted molar refractivity (Wildman–Crippen MR) is 117 cm³/mol. The zero-order valence-electron chi connectivity index (χ0n) is 16.6. The largest absolute Gasteiger partial charge is 0.361 e. The van der Waals surface area contributed by atoms with Crippen LogP contribution in [0.4, 0.5) is 5.69 Å². The molecule has 0 aliphatic carbocycles. The summed E-state index contributed by atoms with van der Waals surface area (Å²) in [5.41, 5.74) is 4.45. The molecule has 0 bridgehead atoms. The van der Waals surface area contributed by atoms with E-state index in [1.165, 1.54) is 0 Å². The van der Waals surface area contributed by atoms with E-state index < -0.39 is 10.0 Å². The molecule has 2 aromatic carbocycles. The normalized spacial score (nSPS) is 12.2. The van der Waals surface area contributed by atoms with Gasteiger partial charge in [0, 0.05) is 46.3 Å². The van der Waals surface area contributed by atoms with Crippen LogP contribution in [-0.2, 0) is 15.4 Å². The smallest absolute Gasteiger partial charge is 0.261 e. The van der Waals surface area contributed by atoms with Crippen LogP contribution in [-0.4, -0.2) is 18.4 Å². The van der Waals surface area contributed by atoms with Gasteiger partial charge in [-0.25, -0.2) is 8.42 Å². The summed E-state index contributed by atoms with van der Waals surface area (Å²) in [6.07, 6.45) is 5.42. The third kappa shape index (κ3) is 3.89. The second-order valence-electron chi connectivity index (χ2n) is 8.08. The van der Waals surface area contributed by atoms with Crippen LogP contribution < -0.4 is 4.72 Å². The quantitative estimate of drug-likeness (QED) is 0.482. The van der Waals surface area contributed by atoms with Gasteiger partial charge in [0.15, 0.2) is 0 Å². The van der Waals surface area contributed by atoms with Crippen molar-refractivity contribution in [1.82, 2.24) is 9.97 Å². The van der Waals surface area contributed by atoms with E-state index in [0.717, 1.165) is 27.6 Å². The van der Waals surface area contributed by atoms with Crippen LogP contribution in [0.1, 0.15) is 26.3 Å². The monoisotopic (exact) mass is 405 g/mol. The van der Waals surface area contributed by atoms with Crippen molar-refractivity contribution < 1.29 is 8.42 Å². The van der Waals surface area contributed by atoms with E-state index >= 15 is 0 Å². The second-order valence-corrected chi connectivity index (χ2v) is 9.77. The standard InChI is InChI=1S/C23H23N3O2S/c1-23(2,3)17-6-9-19(10-7-17)29(27,28)26-18-8-11-22-20(13-18)21(15-25-22)16-5-4-12-24-14-16/h4-15,25-26H,1-3H3. The Hall–Kier alpha value is -3.12. The molecule has 148 valence electrons. The molecule has 29 heavy (non-hydrogen) atoms. The Balaban J connectivity index is 1.67. The van der Waals surface area contributed by atoms with Gasteiger partial charge in [-0.15, -0.1) is 0 Å². The molecule has 0 fully saturated rings. The number of aromatic nitrogens is 2. The number of sulfonamides is 1. The van der Waals surface area contributed by atoms with Gasteiger partial charge in [-0.05, 0) is 47.4 Å². The molecule has 2 N–H and O–H groups in total. The van der Waals surface area contributed by atoms with Crippen LogP contribution in [0, 0.1) is 0 Å². The Morgan fingerprint density at radius 2 is 1.76 bits per heavy atom. The highest BCUT2D eigenvalue weighted by Crippen LogP contribution is 2.31. The van der Waals surface area contributed by atoms with Crippen molar-refractivity contribution in [3.05, 3.63) is 78.8 Å². The lowest BCUT2D eigenvalue weighted by Crippen LogP contribution is -2.14. The molecule has 5 nitrogen and oxygen atoms in total. The fraction of sp³-hybridized carbons (Fsp3) is 0.174. The maximum absolute atomic E-state index is 12.9. The number of nitrogens with one attached hydrogen (secondary N) is 2. The fourth-order valence-corrected chi connectivity index (χ4v) is 4.34. The Labute approximate surface area is 170 Å². The zero-order chi connectivity index (χ0) is 20.6. The van der Waals surface area contributed by atoms with Gasteiger partial charge in [0.05, 0.1) is 4.90 Å². The molecule has 4 rings (SSSR count). The number of pyridine rings is 1. The first-order chi connectivity index (χ1) is 13.7. The minimum atomic E-state index is -3.68. The summed E-state index contributed by atoms with van der Waals surface area (Å²) in [5.74, 6) is 0.